The van der Waals surface area contributed by atoms with Crippen molar-refractivity contribution >= 4 is 19.7 Å². The van der Waals surface area contributed by atoms with E-state index < -0.39 is 14.3 Å². The third-order valence-electron chi connectivity index (χ3n) is 1.84. The van der Waals surface area contributed by atoms with Gasteiger partial charge in [0.25, 0.3) is 0 Å². The van der Waals surface area contributed by atoms with Crippen LogP contribution >= 0.6 is 10.7 Å². The minimum Gasteiger partial charge on any atom is -0.383 e. The summed E-state index contributed by atoms with van der Waals surface area (Å²) in [7, 11) is 3.27. The Labute approximate surface area is 71.1 Å². The molecule has 1 unspecified atom stereocenters. The van der Waals surface area contributed by atoms with Gasteiger partial charge in [0.2, 0.25) is 9.05 Å². The van der Waals surface area contributed by atoms with Crippen LogP contribution in [0.2, 0.25) is 0 Å². The van der Waals surface area contributed by atoms with Crippen LogP contribution in [0.1, 0.15) is 12.8 Å². The number of halogens is 1. The van der Waals surface area contributed by atoms with E-state index in [2.05, 4.69) is 0 Å². The van der Waals surface area contributed by atoms with Crippen molar-refractivity contribution in [1.29, 1.82) is 0 Å². The SMILES string of the molecule is COCC(C1CC1)S(=O)(=O)Cl. The maximum absolute atomic E-state index is 10.9. The van der Waals surface area contributed by atoms with Crippen LogP contribution in [-0.4, -0.2) is 27.4 Å². The molecule has 1 saturated carbocycles. The third kappa shape index (κ3) is 2.61. The standard InChI is InChI=1S/C6H11ClO3S/c1-10-4-6(5-2-3-5)11(7,8)9/h5-6H,2-4H2,1H3. The van der Waals surface area contributed by atoms with E-state index in [1.54, 1.807) is 0 Å². The first kappa shape index (κ1) is 9.29. The van der Waals surface area contributed by atoms with Crippen molar-refractivity contribution in [2.45, 2.75) is 18.1 Å². The van der Waals surface area contributed by atoms with Gasteiger partial charge in [-0.1, -0.05) is 0 Å². The zero-order chi connectivity index (χ0) is 8.48. The molecule has 0 spiro atoms. The molecule has 0 saturated heterocycles. The molecular weight excluding hydrogens is 188 g/mol. The van der Waals surface area contributed by atoms with Gasteiger partial charge in [-0.15, -0.1) is 0 Å². The van der Waals surface area contributed by atoms with E-state index in [1.165, 1.54) is 7.11 Å². The second kappa shape index (κ2) is 3.29. The topological polar surface area (TPSA) is 43.4 Å². The molecule has 1 aliphatic rings. The molecular formula is C6H11ClO3S. The second-order valence-corrected chi connectivity index (χ2v) is 5.65. The first-order valence-corrected chi connectivity index (χ1v) is 5.85. The van der Waals surface area contributed by atoms with Gasteiger partial charge in [-0.25, -0.2) is 8.42 Å². The Hall–Kier alpha value is 0.200. The van der Waals surface area contributed by atoms with Crippen LogP contribution in [0.5, 0.6) is 0 Å². The minimum absolute atomic E-state index is 0.219. The van der Waals surface area contributed by atoms with E-state index in [4.69, 9.17) is 15.4 Å². The highest BCUT2D eigenvalue weighted by Crippen LogP contribution is 2.37. The van der Waals surface area contributed by atoms with E-state index in [9.17, 15) is 8.42 Å². The Bertz CT molecular complexity index is 220. The number of hydrogen-bond acceptors (Lipinski definition) is 3. The summed E-state index contributed by atoms with van der Waals surface area (Å²) in [6, 6.07) is 0. The van der Waals surface area contributed by atoms with Crippen molar-refractivity contribution in [2.24, 2.45) is 5.92 Å². The highest BCUT2D eigenvalue weighted by atomic mass is 35.7. The van der Waals surface area contributed by atoms with Gasteiger partial charge in [-0.05, 0) is 18.8 Å². The Morgan fingerprint density at radius 3 is 2.45 bits per heavy atom. The van der Waals surface area contributed by atoms with Crippen LogP contribution in [0.3, 0.4) is 0 Å². The molecule has 0 aromatic carbocycles. The third-order valence-corrected chi connectivity index (χ3v) is 3.77. The zero-order valence-electron chi connectivity index (χ0n) is 6.29. The first-order valence-electron chi connectivity index (χ1n) is 3.48. The molecule has 5 heteroatoms. The predicted molar refractivity (Wildman–Crippen MR) is 43.2 cm³/mol. The van der Waals surface area contributed by atoms with Crippen LogP contribution in [0.15, 0.2) is 0 Å². The number of rotatable bonds is 4. The van der Waals surface area contributed by atoms with Gasteiger partial charge >= 0.3 is 0 Å². The van der Waals surface area contributed by atoms with Gasteiger partial charge in [0.05, 0.1) is 6.61 Å². The van der Waals surface area contributed by atoms with E-state index in [1.807, 2.05) is 0 Å². The largest absolute Gasteiger partial charge is 0.383 e. The van der Waals surface area contributed by atoms with Crippen LogP contribution < -0.4 is 0 Å². The maximum atomic E-state index is 10.9. The zero-order valence-corrected chi connectivity index (χ0v) is 7.86. The molecule has 0 aromatic heterocycles. The van der Waals surface area contributed by atoms with Crippen molar-refractivity contribution in [2.75, 3.05) is 13.7 Å². The average Bonchev–Trinajstić information content (AvgIpc) is 2.61. The summed E-state index contributed by atoms with van der Waals surface area (Å²) in [5.41, 5.74) is 0. The van der Waals surface area contributed by atoms with Crippen molar-refractivity contribution in [1.82, 2.24) is 0 Å². The summed E-state index contributed by atoms with van der Waals surface area (Å²) in [6.07, 6.45) is 1.92. The monoisotopic (exact) mass is 198 g/mol. The summed E-state index contributed by atoms with van der Waals surface area (Å²) in [4.78, 5) is 0. The van der Waals surface area contributed by atoms with Gasteiger partial charge in [0, 0.05) is 17.8 Å². The lowest BCUT2D eigenvalue weighted by Gasteiger charge is -2.09. The number of ether oxygens (including phenoxy) is 1. The molecule has 1 fully saturated rings. The van der Waals surface area contributed by atoms with Crippen LogP contribution in [0.4, 0.5) is 0 Å². The summed E-state index contributed by atoms with van der Waals surface area (Å²) < 4.78 is 26.5. The van der Waals surface area contributed by atoms with E-state index in [-0.39, 0.29) is 12.5 Å². The van der Waals surface area contributed by atoms with Gasteiger partial charge in [0.15, 0.2) is 0 Å². The maximum Gasteiger partial charge on any atom is 0.238 e. The quantitative estimate of drug-likeness (QED) is 0.633. The van der Waals surface area contributed by atoms with Crippen LogP contribution in [0.25, 0.3) is 0 Å². The highest BCUT2D eigenvalue weighted by Gasteiger charge is 2.38. The van der Waals surface area contributed by atoms with Crippen molar-refractivity contribution in [3.63, 3.8) is 0 Å². The number of hydrogen-bond donors (Lipinski definition) is 0. The molecule has 0 aromatic rings. The first-order chi connectivity index (χ1) is 5.05. The Morgan fingerprint density at radius 1 is 1.64 bits per heavy atom. The summed E-state index contributed by atoms with van der Waals surface area (Å²) >= 11 is 0. The lowest BCUT2D eigenvalue weighted by Crippen LogP contribution is -2.24. The molecule has 0 radical (unpaired) electrons. The lowest BCUT2D eigenvalue weighted by atomic mass is 10.3. The molecule has 0 aliphatic heterocycles. The summed E-state index contributed by atoms with van der Waals surface area (Å²) in [5.74, 6) is 0.234. The van der Waals surface area contributed by atoms with E-state index >= 15 is 0 Å². The fourth-order valence-electron chi connectivity index (χ4n) is 1.08. The van der Waals surface area contributed by atoms with Gasteiger partial charge in [0.1, 0.15) is 5.25 Å². The molecule has 11 heavy (non-hydrogen) atoms. The molecule has 0 N–H and O–H groups in total. The fourth-order valence-corrected chi connectivity index (χ4v) is 2.70. The highest BCUT2D eigenvalue weighted by molar-refractivity contribution is 8.14. The Kier molecular flexibility index (Phi) is 2.78. The summed E-state index contributed by atoms with van der Waals surface area (Å²) in [5, 5.41) is -0.492. The van der Waals surface area contributed by atoms with Crippen LogP contribution in [-0.2, 0) is 13.8 Å². The normalized spacial score (nSPS) is 21.6. The molecule has 66 valence electrons. The van der Waals surface area contributed by atoms with E-state index in [0.717, 1.165) is 12.8 Å². The Balaban J connectivity index is 2.59. The predicted octanol–water partition coefficient (Wildman–Crippen LogP) is 0.980. The molecule has 1 atom stereocenters. The minimum atomic E-state index is -3.42. The molecule has 3 nitrogen and oxygen atoms in total. The van der Waals surface area contributed by atoms with Crippen molar-refractivity contribution < 1.29 is 13.2 Å². The molecule has 1 aliphatic carbocycles. The van der Waals surface area contributed by atoms with E-state index in [0.29, 0.717) is 0 Å². The van der Waals surface area contributed by atoms with Gasteiger partial charge < -0.3 is 4.74 Å². The molecule has 0 amide bonds. The number of methoxy groups -OCH3 is 1. The smallest absolute Gasteiger partial charge is 0.238 e. The van der Waals surface area contributed by atoms with Gasteiger partial charge in [-0.3, -0.25) is 0 Å². The summed E-state index contributed by atoms with van der Waals surface area (Å²) in [6.45, 7) is 0.219. The second-order valence-electron chi connectivity index (χ2n) is 2.81. The van der Waals surface area contributed by atoms with Crippen molar-refractivity contribution in [3.8, 4) is 0 Å². The molecule has 1 rings (SSSR count). The van der Waals surface area contributed by atoms with Crippen molar-refractivity contribution in [3.05, 3.63) is 0 Å². The van der Waals surface area contributed by atoms with Crippen LogP contribution in [0, 0.1) is 5.92 Å². The van der Waals surface area contributed by atoms with Gasteiger partial charge in [-0.2, -0.15) is 0 Å². The lowest BCUT2D eigenvalue weighted by molar-refractivity contribution is 0.192. The Morgan fingerprint density at radius 2 is 2.18 bits per heavy atom. The average molecular weight is 199 g/mol. The molecule has 0 heterocycles. The fraction of sp³-hybridized carbons (Fsp3) is 1.00. The molecule has 0 bridgehead atoms.